The van der Waals surface area contributed by atoms with E-state index < -0.39 is 0 Å². The number of hydrogen-bond donors (Lipinski definition) is 0. The molecule has 0 saturated carbocycles. The number of benzene rings is 2. The van der Waals surface area contributed by atoms with Crippen LogP contribution in [-0.4, -0.2) is 16.6 Å². The molecule has 1 aromatic heterocycles. The summed E-state index contributed by atoms with van der Waals surface area (Å²) in [6.45, 7) is 7.08. The van der Waals surface area contributed by atoms with Crippen molar-refractivity contribution in [2.24, 2.45) is 0 Å². The van der Waals surface area contributed by atoms with Gasteiger partial charge in [0, 0.05) is 6.42 Å². The van der Waals surface area contributed by atoms with Gasteiger partial charge in [0.05, 0.1) is 12.0 Å². The number of nitrogens with zero attached hydrogens (tertiary/aromatic N) is 2. The van der Waals surface area contributed by atoms with Crippen molar-refractivity contribution in [3.05, 3.63) is 65.7 Å². The van der Waals surface area contributed by atoms with E-state index in [2.05, 4.69) is 55.0 Å². The molecule has 1 heterocycles. The average Bonchev–Trinajstić information content (AvgIpc) is 2.55. The fraction of sp³-hybridized carbons (Fsp3) is 0.300. The number of rotatable bonds is 4. The molecule has 24 heavy (non-hydrogen) atoms. The van der Waals surface area contributed by atoms with Crippen molar-refractivity contribution in [2.75, 3.05) is 6.61 Å². The topological polar surface area (TPSA) is 35.0 Å². The highest BCUT2D eigenvalue weighted by Gasteiger charge is 2.13. The van der Waals surface area contributed by atoms with Gasteiger partial charge in [0.2, 0.25) is 5.88 Å². The standard InChI is InChI=1S/C20H21FN2O/c1-20(2,3)15-9-7-14(8-10-15)11-12-24-19-16-5-4-6-17(21)18(16)22-13-23-19/h4-10,13H,11-12H2,1-3H3. The third-order valence-corrected chi connectivity index (χ3v) is 4.03. The van der Waals surface area contributed by atoms with Crippen molar-refractivity contribution >= 4 is 10.9 Å². The summed E-state index contributed by atoms with van der Waals surface area (Å²) < 4.78 is 19.5. The van der Waals surface area contributed by atoms with Gasteiger partial charge in [-0.25, -0.2) is 14.4 Å². The maximum absolute atomic E-state index is 13.7. The Hall–Kier alpha value is -2.49. The third kappa shape index (κ3) is 3.53. The molecule has 3 aromatic rings. The first-order valence-electron chi connectivity index (χ1n) is 8.06. The molecule has 0 amide bonds. The van der Waals surface area contributed by atoms with E-state index in [4.69, 9.17) is 4.74 Å². The van der Waals surface area contributed by atoms with Crippen LogP contribution in [0.5, 0.6) is 5.88 Å². The van der Waals surface area contributed by atoms with Crippen LogP contribution < -0.4 is 4.74 Å². The normalized spacial score (nSPS) is 11.7. The van der Waals surface area contributed by atoms with Crippen LogP contribution >= 0.6 is 0 Å². The molecule has 124 valence electrons. The third-order valence-electron chi connectivity index (χ3n) is 4.03. The Morgan fingerprint density at radius 3 is 2.46 bits per heavy atom. The van der Waals surface area contributed by atoms with Gasteiger partial charge in [0.1, 0.15) is 17.7 Å². The Morgan fingerprint density at radius 2 is 1.75 bits per heavy atom. The molecule has 4 heteroatoms. The fourth-order valence-electron chi connectivity index (χ4n) is 2.58. The molecule has 3 rings (SSSR count). The fourth-order valence-corrected chi connectivity index (χ4v) is 2.58. The Labute approximate surface area is 141 Å². The number of hydrogen-bond acceptors (Lipinski definition) is 3. The average molecular weight is 324 g/mol. The van der Waals surface area contributed by atoms with Crippen LogP contribution in [0.1, 0.15) is 31.9 Å². The van der Waals surface area contributed by atoms with Gasteiger partial charge < -0.3 is 4.74 Å². The van der Waals surface area contributed by atoms with Crippen LogP contribution in [-0.2, 0) is 11.8 Å². The first-order chi connectivity index (χ1) is 11.4. The Balaban J connectivity index is 1.68. The summed E-state index contributed by atoms with van der Waals surface area (Å²) in [4.78, 5) is 8.10. The Bertz CT molecular complexity index is 838. The predicted octanol–water partition coefficient (Wildman–Crippen LogP) is 4.69. The predicted molar refractivity (Wildman–Crippen MR) is 93.8 cm³/mol. The molecule has 0 atom stereocenters. The zero-order valence-electron chi connectivity index (χ0n) is 14.2. The maximum Gasteiger partial charge on any atom is 0.224 e. The van der Waals surface area contributed by atoms with E-state index in [1.807, 2.05) is 0 Å². The van der Waals surface area contributed by atoms with E-state index in [0.717, 1.165) is 6.42 Å². The molecular weight excluding hydrogens is 303 g/mol. The van der Waals surface area contributed by atoms with E-state index >= 15 is 0 Å². The largest absolute Gasteiger partial charge is 0.477 e. The zero-order valence-corrected chi connectivity index (χ0v) is 14.2. The summed E-state index contributed by atoms with van der Waals surface area (Å²) >= 11 is 0. The molecule has 2 aromatic carbocycles. The van der Waals surface area contributed by atoms with Gasteiger partial charge in [-0.15, -0.1) is 0 Å². The van der Waals surface area contributed by atoms with Crippen molar-refractivity contribution < 1.29 is 9.13 Å². The lowest BCUT2D eigenvalue weighted by atomic mass is 9.86. The van der Waals surface area contributed by atoms with Crippen molar-refractivity contribution in [2.45, 2.75) is 32.6 Å². The van der Waals surface area contributed by atoms with Crippen LogP contribution in [0.2, 0.25) is 0 Å². The van der Waals surface area contributed by atoms with Crippen LogP contribution in [0, 0.1) is 5.82 Å². The van der Waals surface area contributed by atoms with Gasteiger partial charge in [-0.05, 0) is 28.7 Å². The molecule has 0 bridgehead atoms. The summed E-state index contributed by atoms with van der Waals surface area (Å²) in [6.07, 6.45) is 2.10. The number of fused-ring (bicyclic) bond motifs is 1. The van der Waals surface area contributed by atoms with Gasteiger partial charge in [-0.1, -0.05) is 51.1 Å². The first kappa shape index (κ1) is 16.4. The first-order valence-corrected chi connectivity index (χ1v) is 8.06. The molecule has 3 nitrogen and oxygen atoms in total. The molecular formula is C20H21FN2O. The minimum atomic E-state index is -0.363. The molecule has 0 aliphatic carbocycles. The van der Waals surface area contributed by atoms with Gasteiger partial charge in [-0.3, -0.25) is 0 Å². The Kier molecular flexibility index (Phi) is 4.47. The van der Waals surface area contributed by atoms with E-state index in [0.29, 0.717) is 17.9 Å². The van der Waals surface area contributed by atoms with Crippen LogP contribution in [0.25, 0.3) is 10.9 Å². The number of ether oxygens (including phenoxy) is 1. The van der Waals surface area contributed by atoms with E-state index in [1.54, 1.807) is 12.1 Å². The summed E-state index contributed by atoms with van der Waals surface area (Å²) in [7, 11) is 0. The highest BCUT2D eigenvalue weighted by molar-refractivity contribution is 5.83. The molecule has 0 aliphatic heterocycles. The molecule has 0 fully saturated rings. The van der Waals surface area contributed by atoms with E-state index in [9.17, 15) is 4.39 Å². The zero-order chi connectivity index (χ0) is 17.2. The van der Waals surface area contributed by atoms with Crippen molar-refractivity contribution in [3.63, 3.8) is 0 Å². The molecule has 0 unspecified atom stereocenters. The lowest BCUT2D eigenvalue weighted by Crippen LogP contribution is -2.11. The number of halogens is 1. The quantitative estimate of drug-likeness (QED) is 0.698. The molecule has 0 aliphatic rings. The number of para-hydroxylation sites is 1. The summed E-state index contributed by atoms with van der Waals surface area (Å²) in [5, 5.41) is 0.598. The highest BCUT2D eigenvalue weighted by atomic mass is 19.1. The lowest BCUT2D eigenvalue weighted by Gasteiger charge is -2.19. The summed E-state index contributed by atoms with van der Waals surface area (Å²) in [5.41, 5.74) is 2.95. The van der Waals surface area contributed by atoms with Gasteiger partial charge in [0.15, 0.2) is 0 Å². The molecule has 0 saturated heterocycles. The second-order valence-electron chi connectivity index (χ2n) is 6.86. The highest BCUT2D eigenvalue weighted by Crippen LogP contribution is 2.24. The molecule has 0 spiro atoms. The monoisotopic (exact) mass is 324 g/mol. The molecule has 0 N–H and O–H groups in total. The second kappa shape index (κ2) is 6.56. The van der Waals surface area contributed by atoms with Crippen molar-refractivity contribution in [1.82, 2.24) is 9.97 Å². The lowest BCUT2D eigenvalue weighted by molar-refractivity contribution is 0.313. The van der Waals surface area contributed by atoms with Crippen LogP contribution in [0.3, 0.4) is 0 Å². The van der Waals surface area contributed by atoms with E-state index in [-0.39, 0.29) is 16.7 Å². The minimum Gasteiger partial charge on any atom is -0.477 e. The van der Waals surface area contributed by atoms with Crippen molar-refractivity contribution in [3.8, 4) is 5.88 Å². The smallest absolute Gasteiger partial charge is 0.224 e. The SMILES string of the molecule is CC(C)(C)c1ccc(CCOc2ncnc3c(F)cccc23)cc1. The van der Waals surface area contributed by atoms with Gasteiger partial charge in [-0.2, -0.15) is 0 Å². The van der Waals surface area contributed by atoms with Gasteiger partial charge in [0.25, 0.3) is 0 Å². The van der Waals surface area contributed by atoms with Crippen molar-refractivity contribution in [1.29, 1.82) is 0 Å². The maximum atomic E-state index is 13.7. The molecule has 0 radical (unpaired) electrons. The summed E-state index contributed by atoms with van der Waals surface area (Å²) in [5.74, 6) is 0.0586. The number of aromatic nitrogens is 2. The second-order valence-corrected chi connectivity index (χ2v) is 6.86. The van der Waals surface area contributed by atoms with Crippen LogP contribution in [0.15, 0.2) is 48.8 Å². The Morgan fingerprint density at radius 1 is 1.00 bits per heavy atom. The minimum absolute atomic E-state index is 0.152. The van der Waals surface area contributed by atoms with Crippen LogP contribution in [0.4, 0.5) is 4.39 Å². The summed E-state index contributed by atoms with van der Waals surface area (Å²) in [6, 6.07) is 13.4. The van der Waals surface area contributed by atoms with Gasteiger partial charge >= 0.3 is 0 Å². The van der Waals surface area contributed by atoms with E-state index in [1.165, 1.54) is 23.5 Å².